The van der Waals surface area contributed by atoms with Gasteiger partial charge in [-0.25, -0.2) is 9.59 Å². The molecule has 2 aromatic carbocycles. The Morgan fingerprint density at radius 2 is 1.44 bits per heavy atom. The molecule has 0 fully saturated rings. The first-order valence-corrected chi connectivity index (χ1v) is 9.44. The molecule has 0 aliphatic carbocycles. The van der Waals surface area contributed by atoms with Crippen molar-refractivity contribution in [2.24, 2.45) is 0 Å². The van der Waals surface area contributed by atoms with Crippen LogP contribution in [0.5, 0.6) is 0 Å². The summed E-state index contributed by atoms with van der Waals surface area (Å²) in [6.45, 7) is 4.81. The normalized spacial score (nSPS) is 10.7. The minimum atomic E-state index is -0.417. The summed E-state index contributed by atoms with van der Waals surface area (Å²) in [6, 6.07) is 8.82. The Kier molecular flexibility index (Phi) is 7.44. The van der Waals surface area contributed by atoms with E-state index in [2.05, 4.69) is 15.9 Å². The summed E-state index contributed by atoms with van der Waals surface area (Å²) in [5.74, 6) is -0.834. The van der Waals surface area contributed by atoms with Gasteiger partial charge in [0.1, 0.15) is 0 Å². The van der Waals surface area contributed by atoms with Gasteiger partial charge in [0.25, 0.3) is 0 Å². The molecule has 2 rings (SSSR count). The zero-order valence-corrected chi connectivity index (χ0v) is 16.2. The predicted molar refractivity (Wildman–Crippen MR) is 102 cm³/mol. The molecule has 0 aliphatic rings. The van der Waals surface area contributed by atoms with Crippen LogP contribution in [0, 0.1) is 0 Å². The van der Waals surface area contributed by atoms with Gasteiger partial charge < -0.3 is 9.47 Å². The third kappa shape index (κ3) is 4.82. The van der Waals surface area contributed by atoms with E-state index in [1.165, 1.54) is 0 Å². The number of carbonyl (C=O) groups is 2. The standard InChI is InChI=1S/C20H23BrO4/c1-3-5-12-24-19(22)15-9-7-8-14-17(21)11-10-16(18(14)15)20(23)25-13-6-4-2/h7-11H,3-6,12-13H2,1-2H3. The van der Waals surface area contributed by atoms with Crippen LogP contribution in [0.25, 0.3) is 10.8 Å². The Labute approximate surface area is 156 Å². The van der Waals surface area contributed by atoms with Crippen molar-refractivity contribution < 1.29 is 19.1 Å². The van der Waals surface area contributed by atoms with Crippen molar-refractivity contribution in [3.8, 4) is 0 Å². The number of hydrogen-bond donors (Lipinski definition) is 0. The molecule has 25 heavy (non-hydrogen) atoms. The monoisotopic (exact) mass is 406 g/mol. The summed E-state index contributed by atoms with van der Waals surface area (Å²) in [6.07, 6.45) is 3.52. The van der Waals surface area contributed by atoms with E-state index in [9.17, 15) is 9.59 Å². The molecule has 134 valence electrons. The first-order chi connectivity index (χ1) is 12.1. The SMILES string of the molecule is CCCCOC(=O)c1cccc2c(Br)ccc(C(=O)OCCCC)c12. The van der Waals surface area contributed by atoms with E-state index < -0.39 is 11.9 Å². The maximum Gasteiger partial charge on any atom is 0.338 e. The maximum absolute atomic E-state index is 12.5. The van der Waals surface area contributed by atoms with Crippen molar-refractivity contribution in [2.75, 3.05) is 13.2 Å². The molecule has 4 nitrogen and oxygen atoms in total. The summed E-state index contributed by atoms with van der Waals surface area (Å²) in [4.78, 5) is 25.0. The quantitative estimate of drug-likeness (QED) is 0.427. The van der Waals surface area contributed by atoms with E-state index in [1.54, 1.807) is 24.3 Å². The molecule has 5 heteroatoms. The molecular weight excluding hydrogens is 384 g/mol. The number of unbranched alkanes of at least 4 members (excludes halogenated alkanes) is 2. The second-order valence-electron chi connectivity index (χ2n) is 5.80. The fourth-order valence-electron chi connectivity index (χ4n) is 2.49. The molecule has 2 aromatic rings. The zero-order valence-electron chi connectivity index (χ0n) is 14.6. The minimum absolute atomic E-state index is 0.371. The fraction of sp³-hybridized carbons (Fsp3) is 0.400. The van der Waals surface area contributed by atoms with Gasteiger partial charge in [-0.2, -0.15) is 0 Å². The maximum atomic E-state index is 12.5. The molecule has 0 atom stereocenters. The van der Waals surface area contributed by atoms with E-state index in [1.807, 2.05) is 19.9 Å². The van der Waals surface area contributed by atoms with Crippen LogP contribution in [0.1, 0.15) is 60.2 Å². The molecule has 0 saturated carbocycles. The Morgan fingerprint density at radius 1 is 0.880 bits per heavy atom. The Bertz CT molecular complexity index is 726. The zero-order chi connectivity index (χ0) is 18.2. The number of benzene rings is 2. The molecular formula is C20H23BrO4. The molecule has 0 N–H and O–H groups in total. The van der Waals surface area contributed by atoms with Crippen molar-refractivity contribution in [3.05, 3.63) is 45.9 Å². The average Bonchev–Trinajstić information content (AvgIpc) is 2.62. The molecule has 0 aliphatic heterocycles. The number of esters is 2. The Balaban J connectivity index is 2.43. The molecule has 0 unspecified atom stereocenters. The van der Waals surface area contributed by atoms with Crippen LogP contribution < -0.4 is 0 Å². The first kappa shape index (κ1) is 19.4. The highest BCUT2D eigenvalue weighted by atomic mass is 79.9. The van der Waals surface area contributed by atoms with Gasteiger partial charge in [0.2, 0.25) is 0 Å². The second-order valence-corrected chi connectivity index (χ2v) is 6.66. The molecule has 0 heterocycles. The van der Waals surface area contributed by atoms with Crippen LogP contribution in [0.4, 0.5) is 0 Å². The average molecular weight is 407 g/mol. The Hall–Kier alpha value is -1.88. The van der Waals surface area contributed by atoms with Gasteiger partial charge in [-0.05, 0) is 36.4 Å². The molecule has 0 spiro atoms. The summed E-state index contributed by atoms with van der Waals surface area (Å²) in [7, 11) is 0. The number of halogens is 1. The van der Waals surface area contributed by atoms with Gasteiger partial charge in [0, 0.05) is 9.86 Å². The third-order valence-electron chi connectivity index (χ3n) is 3.89. The van der Waals surface area contributed by atoms with E-state index in [0.717, 1.165) is 35.5 Å². The summed E-state index contributed by atoms with van der Waals surface area (Å²) < 4.78 is 11.5. The topological polar surface area (TPSA) is 52.6 Å². The lowest BCUT2D eigenvalue weighted by atomic mass is 9.99. The molecule has 0 saturated heterocycles. The molecule has 0 amide bonds. The van der Waals surface area contributed by atoms with Crippen LogP contribution >= 0.6 is 15.9 Å². The summed E-state index contributed by atoms with van der Waals surface area (Å²) in [5, 5.41) is 1.36. The predicted octanol–water partition coefficient (Wildman–Crippen LogP) is 5.52. The van der Waals surface area contributed by atoms with Crippen LogP contribution in [0.2, 0.25) is 0 Å². The van der Waals surface area contributed by atoms with Crippen molar-refractivity contribution in [1.82, 2.24) is 0 Å². The van der Waals surface area contributed by atoms with Crippen LogP contribution in [-0.4, -0.2) is 25.2 Å². The highest BCUT2D eigenvalue weighted by molar-refractivity contribution is 9.10. The van der Waals surface area contributed by atoms with E-state index in [0.29, 0.717) is 29.7 Å². The van der Waals surface area contributed by atoms with Crippen molar-refractivity contribution >= 4 is 38.6 Å². The lowest BCUT2D eigenvalue weighted by Crippen LogP contribution is -2.11. The van der Waals surface area contributed by atoms with E-state index >= 15 is 0 Å². The molecule has 0 bridgehead atoms. The highest BCUT2D eigenvalue weighted by Gasteiger charge is 2.20. The minimum Gasteiger partial charge on any atom is -0.462 e. The van der Waals surface area contributed by atoms with Gasteiger partial charge in [0.15, 0.2) is 0 Å². The summed E-state index contributed by atoms with van der Waals surface area (Å²) in [5.41, 5.74) is 0.773. The van der Waals surface area contributed by atoms with Crippen molar-refractivity contribution in [1.29, 1.82) is 0 Å². The van der Waals surface area contributed by atoms with Gasteiger partial charge in [-0.3, -0.25) is 0 Å². The van der Waals surface area contributed by atoms with Gasteiger partial charge in [-0.1, -0.05) is 54.8 Å². The third-order valence-corrected chi connectivity index (χ3v) is 4.58. The van der Waals surface area contributed by atoms with Crippen LogP contribution in [0.15, 0.2) is 34.8 Å². The van der Waals surface area contributed by atoms with Crippen molar-refractivity contribution in [2.45, 2.75) is 39.5 Å². The number of ether oxygens (including phenoxy) is 2. The number of hydrogen-bond acceptors (Lipinski definition) is 4. The Morgan fingerprint density at radius 3 is 2.00 bits per heavy atom. The van der Waals surface area contributed by atoms with Crippen LogP contribution in [-0.2, 0) is 9.47 Å². The highest BCUT2D eigenvalue weighted by Crippen LogP contribution is 2.30. The lowest BCUT2D eigenvalue weighted by molar-refractivity contribution is 0.0500. The van der Waals surface area contributed by atoms with Gasteiger partial charge in [-0.15, -0.1) is 0 Å². The van der Waals surface area contributed by atoms with Gasteiger partial charge in [0.05, 0.1) is 24.3 Å². The smallest absolute Gasteiger partial charge is 0.338 e. The largest absolute Gasteiger partial charge is 0.462 e. The summed E-state index contributed by atoms with van der Waals surface area (Å²) >= 11 is 3.49. The van der Waals surface area contributed by atoms with Crippen molar-refractivity contribution in [3.63, 3.8) is 0 Å². The number of rotatable bonds is 8. The second kappa shape index (κ2) is 9.56. The molecule has 0 aromatic heterocycles. The first-order valence-electron chi connectivity index (χ1n) is 8.65. The van der Waals surface area contributed by atoms with Gasteiger partial charge >= 0.3 is 11.9 Å². The van der Waals surface area contributed by atoms with Crippen LogP contribution in [0.3, 0.4) is 0 Å². The number of carbonyl (C=O) groups excluding carboxylic acids is 2. The lowest BCUT2D eigenvalue weighted by Gasteiger charge is -2.12. The number of fused-ring (bicyclic) bond motifs is 1. The fourth-order valence-corrected chi connectivity index (χ4v) is 2.95. The van der Waals surface area contributed by atoms with E-state index in [4.69, 9.17) is 9.47 Å². The van der Waals surface area contributed by atoms with E-state index in [-0.39, 0.29) is 0 Å². The molecule has 0 radical (unpaired) electrons.